The zero-order valence-corrected chi connectivity index (χ0v) is 14.7. The van der Waals surface area contributed by atoms with Crippen molar-refractivity contribution in [2.24, 2.45) is 4.99 Å². The van der Waals surface area contributed by atoms with Gasteiger partial charge >= 0.3 is 0 Å². The van der Waals surface area contributed by atoms with Crippen LogP contribution >= 0.6 is 0 Å². The summed E-state index contributed by atoms with van der Waals surface area (Å²) in [7, 11) is 1.79. The summed E-state index contributed by atoms with van der Waals surface area (Å²) < 4.78 is 5.30. The average Bonchev–Trinajstić information content (AvgIpc) is 2.49. The van der Waals surface area contributed by atoms with Gasteiger partial charge in [-0.2, -0.15) is 0 Å². The van der Waals surface area contributed by atoms with E-state index in [2.05, 4.69) is 60.7 Å². The molecule has 0 radical (unpaired) electrons. The predicted octanol–water partition coefficient (Wildman–Crippen LogP) is 2.73. The Balaban J connectivity index is 2.33. The molecule has 4 nitrogen and oxygen atoms in total. The molecule has 0 aliphatic heterocycles. The largest absolute Gasteiger partial charge is 0.380 e. The summed E-state index contributed by atoms with van der Waals surface area (Å²) in [5.41, 5.74) is 2.92. The van der Waals surface area contributed by atoms with Crippen molar-refractivity contribution in [3.63, 3.8) is 0 Å². The van der Waals surface area contributed by atoms with Crippen LogP contribution in [-0.4, -0.2) is 39.3 Å². The van der Waals surface area contributed by atoms with Crippen molar-refractivity contribution in [3.8, 4) is 0 Å². The molecule has 0 spiro atoms. The lowest BCUT2D eigenvalue weighted by molar-refractivity contribution is 0.152. The highest BCUT2D eigenvalue weighted by Gasteiger charge is 2.12. The van der Waals surface area contributed by atoms with Gasteiger partial charge in [-0.25, -0.2) is 0 Å². The SMILES string of the molecule is CCOCCNC(=NC)NCCc1ccc(C(C)(C)C)cc1. The highest BCUT2D eigenvalue weighted by atomic mass is 16.5. The number of guanidine groups is 1. The van der Waals surface area contributed by atoms with Gasteiger partial charge in [-0.1, -0.05) is 45.0 Å². The standard InChI is InChI=1S/C18H31N3O/c1-6-22-14-13-21-17(19-5)20-12-11-15-7-9-16(10-8-15)18(2,3)4/h7-10H,6,11-14H2,1-5H3,(H2,19,20,21). The summed E-state index contributed by atoms with van der Waals surface area (Å²) in [6.07, 6.45) is 0.983. The number of hydrogen-bond acceptors (Lipinski definition) is 2. The minimum atomic E-state index is 0.212. The van der Waals surface area contributed by atoms with E-state index < -0.39 is 0 Å². The molecule has 0 amide bonds. The first-order chi connectivity index (χ1) is 10.5. The number of benzene rings is 1. The fourth-order valence-electron chi connectivity index (χ4n) is 2.10. The number of nitrogens with zero attached hydrogens (tertiary/aromatic N) is 1. The minimum absolute atomic E-state index is 0.212. The van der Waals surface area contributed by atoms with Crippen molar-refractivity contribution in [2.75, 3.05) is 33.4 Å². The van der Waals surface area contributed by atoms with E-state index >= 15 is 0 Å². The van der Waals surface area contributed by atoms with Crippen LogP contribution in [0, 0.1) is 0 Å². The Bertz CT molecular complexity index is 446. The highest BCUT2D eigenvalue weighted by Crippen LogP contribution is 2.22. The Kier molecular flexibility index (Phi) is 7.96. The summed E-state index contributed by atoms with van der Waals surface area (Å²) >= 11 is 0. The van der Waals surface area contributed by atoms with Gasteiger partial charge in [0, 0.05) is 26.7 Å². The lowest BCUT2D eigenvalue weighted by atomic mass is 9.86. The Hall–Kier alpha value is -1.55. The van der Waals surface area contributed by atoms with E-state index in [1.54, 1.807) is 7.05 Å². The van der Waals surface area contributed by atoms with E-state index in [0.717, 1.165) is 32.1 Å². The molecule has 1 aromatic carbocycles. The van der Waals surface area contributed by atoms with Crippen molar-refractivity contribution in [1.82, 2.24) is 10.6 Å². The maximum absolute atomic E-state index is 5.30. The fraction of sp³-hybridized carbons (Fsp3) is 0.611. The molecule has 0 aromatic heterocycles. The number of rotatable bonds is 7. The zero-order valence-electron chi connectivity index (χ0n) is 14.7. The van der Waals surface area contributed by atoms with E-state index in [9.17, 15) is 0 Å². The van der Waals surface area contributed by atoms with Gasteiger partial charge < -0.3 is 15.4 Å². The van der Waals surface area contributed by atoms with Crippen molar-refractivity contribution in [2.45, 2.75) is 39.5 Å². The average molecular weight is 305 g/mol. The summed E-state index contributed by atoms with van der Waals surface area (Å²) in [5, 5.41) is 6.56. The number of nitrogens with one attached hydrogen (secondary N) is 2. The van der Waals surface area contributed by atoms with Crippen LogP contribution in [0.3, 0.4) is 0 Å². The van der Waals surface area contributed by atoms with Crippen LogP contribution in [0.1, 0.15) is 38.8 Å². The first kappa shape index (κ1) is 18.5. The first-order valence-electron chi connectivity index (χ1n) is 8.09. The molecule has 0 bridgehead atoms. The van der Waals surface area contributed by atoms with Gasteiger partial charge in [0.05, 0.1) is 6.61 Å². The molecule has 0 atom stereocenters. The smallest absolute Gasteiger partial charge is 0.191 e. The molecule has 0 aliphatic rings. The van der Waals surface area contributed by atoms with E-state index in [1.165, 1.54) is 11.1 Å². The Morgan fingerprint density at radius 2 is 1.73 bits per heavy atom. The van der Waals surface area contributed by atoms with E-state index in [0.29, 0.717) is 6.61 Å². The predicted molar refractivity (Wildman–Crippen MR) is 94.7 cm³/mol. The molecule has 1 aromatic rings. The molecule has 0 unspecified atom stereocenters. The van der Waals surface area contributed by atoms with E-state index in [1.807, 2.05) is 6.92 Å². The lowest BCUT2D eigenvalue weighted by Gasteiger charge is -2.19. The lowest BCUT2D eigenvalue weighted by Crippen LogP contribution is -2.39. The number of ether oxygens (including phenoxy) is 1. The maximum atomic E-state index is 5.30. The van der Waals surface area contributed by atoms with Gasteiger partial charge in [0.25, 0.3) is 0 Å². The zero-order chi connectivity index (χ0) is 16.4. The second-order valence-corrected chi connectivity index (χ2v) is 6.32. The first-order valence-corrected chi connectivity index (χ1v) is 8.09. The van der Waals surface area contributed by atoms with Crippen molar-refractivity contribution in [1.29, 1.82) is 0 Å². The molecule has 0 aliphatic carbocycles. The molecule has 124 valence electrons. The Labute approximate surface area is 135 Å². The van der Waals surface area contributed by atoms with Crippen LogP contribution in [0.25, 0.3) is 0 Å². The number of aliphatic imine (C=N–C) groups is 1. The third kappa shape index (κ3) is 6.94. The summed E-state index contributed by atoms with van der Waals surface area (Å²) in [6.45, 7) is 11.8. The maximum Gasteiger partial charge on any atom is 0.191 e. The Morgan fingerprint density at radius 3 is 2.27 bits per heavy atom. The fourth-order valence-corrected chi connectivity index (χ4v) is 2.10. The molecule has 1 rings (SSSR count). The van der Waals surface area contributed by atoms with Crippen molar-refractivity contribution >= 4 is 5.96 Å². The molecule has 0 saturated heterocycles. The van der Waals surface area contributed by atoms with Gasteiger partial charge in [0.15, 0.2) is 5.96 Å². The van der Waals surface area contributed by atoms with E-state index in [4.69, 9.17) is 4.74 Å². The third-order valence-corrected chi connectivity index (χ3v) is 3.49. The monoisotopic (exact) mass is 305 g/mol. The van der Waals surface area contributed by atoms with Crippen LogP contribution in [0.2, 0.25) is 0 Å². The van der Waals surface area contributed by atoms with Gasteiger partial charge in [-0.15, -0.1) is 0 Å². The molecule has 0 heterocycles. The molecule has 2 N–H and O–H groups in total. The van der Waals surface area contributed by atoms with Crippen molar-refractivity contribution < 1.29 is 4.74 Å². The second kappa shape index (κ2) is 9.46. The van der Waals surface area contributed by atoms with Crippen molar-refractivity contribution in [3.05, 3.63) is 35.4 Å². The molecule has 0 fully saturated rings. The third-order valence-electron chi connectivity index (χ3n) is 3.49. The topological polar surface area (TPSA) is 45.6 Å². The van der Waals surface area contributed by atoms with Crippen LogP contribution in [0.15, 0.2) is 29.3 Å². The summed E-state index contributed by atoms with van der Waals surface area (Å²) in [5.74, 6) is 0.825. The Morgan fingerprint density at radius 1 is 1.09 bits per heavy atom. The molecular weight excluding hydrogens is 274 g/mol. The molecule has 4 heteroatoms. The van der Waals surface area contributed by atoms with E-state index in [-0.39, 0.29) is 5.41 Å². The van der Waals surface area contributed by atoms with Gasteiger partial charge in [-0.05, 0) is 29.9 Å². The van der Waals surface area contributed by atoms with Crippen LogP contribution in [-0.2, 0) is 16.6 Å². The molecule has 22 heavy (non-hydrogen) atoms. The second-order valence-electron chi connectivity index (χ2n) is 6.32. The summed E-state index contributed by atoms with van der Waals surface area (Å²) in [6, 6.07) is 8.88. The normalized spacial score (nSPS) is 12.3. The molecule has 0 saturated carbocycles. The number of hydrogen-bond donors (Lipinski definition) is 2. The molecular formula is C18H31N3O. The van der Waals surface area contributed by atoms with Crippen LogP contribution < -0.4 is 10.6 Å². The summed E-state index contributed by atoms with van der Waals surface area (Å²) in [4.78, 5) is 4.20. The van der Waals surface area contributed by atoms with Gasteiger partial charge in [0.1, 0.15) is 0 Å². The quantitative estimate of drug-likeness (QED) is 0.462. The highest BCUT2D eigenvalue weighted by molar-refractivity contribution is 5.79. The van der Waals surface area contributed by atoms with Crippen LogP contribution in [0.5, 0.6) is 0 Å². The van der Waals surface area contributed by atoms with Crippen LogP contribution in [0.4, 0.5) is 0 Å². The minimum Gasteiger partial charge on any atom is -0.380 e. The van der Waals surface area contributed by atoms with Gasteiger partial charge in [-0.3, -0.25) is 4.99 Å². The van der Waals surface area contributed by atoms with Gasteiger partial charge in [0.2, 0.25) is 0 Å².